The molecule has 1 aliphatic rings. The van der Waals surface area contributed by atoms with Crippen LogP contribution in [-0.4, -0.2) is 56.7 Å². The second-order valence-corrected chi connectivity index (χ2v) is 6.14. The van der Waals surface area contributed by atoms with Crippen LogP contribution < -0.4 is 5.32 Å². The number of methoxy groups -OCH3 is 1. The molecule has 1 amide bonds. The zero-order valence-electron chi connectivity index (χ0n) is 13.1. The summed E-state index contributed by atoms with van der Waals surface area (Å²) < 4.78 is 11.4. The normalized spacial score (nSPS) is 18.4. The number of esters is 1. The van der Waals surface area contributed by atoms with Crippen LogP contribution in [0.4, 0.5) is 0 Å². The van der Waals surface area contributed by atoms with Gasteiger partial charge in [0.05, 0.1) is 19.8 Å². The molecule has 0 aromatic heterocycles. The van der Waals surface area contributed by atoms with E-state index in [9.17, 15) is 9.59 Å². The summed E-state index contributed by atoms with van der Waals surface area (Å²) in [5.74, 6) is -0.599. The molecule has 6 nitrogen and oxygen atoms in total. The Morgan fingerprint density at radius 2 is 2.22 bits per heavy atom. The van der Waals surface area contributed by atoms with Crippen molar-refractivity contribution in [1.29, 1.82) is 0 Å². The van der Waals surface area contributed by atoms with Gasteiger partial charge < -0.3 is 14.8 Å². The maximum absolute atomic E-state index is 11.7. The predicted molar refractivity (Wildman–Crippen MR) is 88.9 cm³/mol. The Bertz CT molecular complexity index is 553. The van der Waals surface area contributed by atoms with Crippen molar-refractivity contribution in [1.82, 2.24) is 10.2 Å². The molecule has 23 heavy (non-hydrogen) atoms. The largest absolute Gasteiger partial charge is 0.468 e. The smallest absolute Gasteiger partial charge is 0.325 e. The zero-order valence-corrected chi connectivity index (χ0v) is 14.7. The third-order valence-electron chi connectivity index (χ3n) is 3.72. The number of nitrogens with zero attached hydrogens (tertiary/aromatic N) is 1. The Morgan fingerprint density at radius 1 is 1.43 bits per heavy atom. The average Bonchev–Trinajstić information content (AvgIpc) is 2.58. The lowest BCUT2D eigenvalue weighted by molar-refractivity contribution is -0.141. The summed E-state index contributed by atoms with van der Waals surface area (Å²) in [6.07, 6.45) is 0.345. The van der Waals surface area contributed by atoms with Crippen LogP contribution in [0.1, 0.15) is 18.1 Å². The molecule has 0 saturated carbocycles. The van der Waals surface area contributed by atoms with E-state index in [2.05, 4.69) is 30.9 Å². The Balaban J connectivity index is 1.79. The van der Waals surface area contributed by atoms with Gasteiger partial charge in [-0.1, -0.05) is 34.1 Å². The summed E-state index contributed by atoms with van der Waals surface area (Å²) in [5, 5.41) is 2.55. The molecule has 1 aromatic carbocycles. The van der Waals surface area contributed by atoms with E-state index in [1.54, 1.807) is 0 Å². The fraction of sp³-hybridized carbons (Fsp3) is 0.500. The molecule has 0 aliphatic carbocycles. The number of hydrogen-bond acceptors (Lipinski definition) is 5. The first-order valence-corrected chi connectivity index (χ1v) is 8.31. The van der Waals surface area contributed by atoms with Gasteiger partial charge in [-0.3, -0.25) is 14.5 Å². The maximum Gasteiger partial charge on any atom is 0.325 e. The number of carbonyl (C=O) groups is 2. The molecular formula is C16H21BrN2O4. The first-order chi connectivity index (χ1) is 11.1. The third-order valence-corrected chi connectivity index (χ3v) is 4.44. The van der Waals surface area contributed by atoms with Crippen LogP contribution in [0.2, 0.25) is 0 Å². The number of carbonyl (C=O) groups excluding carboxylic acids is 2. The highest BCUT2D eigenvalue weighted by Crippen LogP contribution is 2.28. The fourth-order valence-corrected chi connectivity index (χ4v) is 2.96. The molecule has 0 bridgehead atoms. The first kappa shape index (κ1) is 17.9. The molecular weight excluding hydrogens is 364 g/mol. The summed E-state index contributed by atoms with van der Waals surface area (Å²) in [7, 11) is 1.30. The molecule has 0 radical (unpaired) electrons. The van der Waals surface area contributed by atoms with Crippen molar-refractivity contribution in [3.05, 3.63) is 34.3 Å². The Kier molecular flexibility index (Phi) is 7.01. The SMILES string of the molecule is COC(=O)CNC(=O)CCN1CCOC(c2ccccc2Br)C1. The van der Waals surface area contributed by atoms with E-state index in [4.69, 9.17) is 4.74 Å². The highest BCUT2D eigenvalue weighted by Gasteiger charge is 2.23. The van der Waals surface area contributed by atoms with Gasteiger partial charge in [-0.15, -0.1) is 0 Å². The molecule has 1 N–H and O–H groups in total. The maximum atomic E-state index is 11.7. The topological polar surface area (TPSA) is 67.9 Å². The molecule has 1 fully saturated rings. The van der Waals surface area contributed by atoms with E-state index in [1.807, 2.05) is 24.3 Å². The summed E-state index contributed by atoms with van der Waals surface area (Å²) in [4.78, 5) is 24.9. The quantitative estimate of drug-likeness (QED) is 0.752. The first-order valence-electron chi connectivity index (χ1n) is 7.52. The Morgan fingerprint density at radius 3 is 2.96 bits per heavy atom. The van der Waals surface area contributed by atoms with E-state index in [0.29, 0.717) is 19.6 Å². The van der Waals surface area contributed by atoms with Gasteiger partial charge in [-0.25, -0.2) is 0 Å². The van der Waals surface area contributed by atoms with Crippen LogP contribution in [0.15, 0.2) is 28.7 Å². The van der Waals surface area contributed by atoms with Gasteiger partial charge in [0, 0.05) is 30.5 Å². The van der Waals surface area contributed by atoms with Gasteiger partial charge in [0.2, 0.25) is 5.91 Å². The molecule has 126 valence electrons. The predicted octanol–water partition coefficient (Wildman–Crippen LogP) is 1.50. The van der Waals surface area contributed by atoms with Gasteiger partial charge in [0.15, 0.2) is 0 Å². The second-order valence-electron chi connectivity index (χ2n) is 5.28. The monoisotopic (exact) mass is 384 g/mol. The van der Waals surface area contributed by atoms with Crippen LogP contribution in [0.25, 0.3) is 0 Å². The number of ether oxygens (including phenoxy) is 2. The van der Waals surface area contributed by atoms with Crippen molar-refractivity contribution in [2.75, 3.05) is 39.9 Å². The molecule has 1 aliphatic heterocycles. The second kappa shape index (κ2) is 9.00. The van der Waals surface area contributed by atoms with E-state index >= 15 is 0 Å². The number of hydrogen-bond donors (Lipinski definition) is 1. The van der Waals surface area contributed by atoms with E-state index in [-0.39, 0.29) is 18.6 Å². The zero-order chi connectivity index (χ0) is 16.7. The van der Waals surface area contributed by atoms with Crippen molar-refractivity contribution >= 4 is 27.8 Å². The summed E-state index contributed by atoms with van der Waals surface area (Å²) in [6, 6.07) is 8.00. The van der Waals surface area contributed by atoms with Crippen molar-refractivity contribution in [3.8, 4) is 0 Å². The molecule has 1 heterocycles. The van der Waals surface area contributed by atoms with Gasteiger partial charge in [-0.2, -0.15) is 0 Å². The average molecular weight is 385 g/mol. The highest BCUT2D eigenvalue weighted by molar-refractivity contribution is 9.10. The summed E-state index contributed by atoms with van der Waals surface area (Å²) in [5.41, 5.74) is 1.12. The van der Waals surface area contributed by atoms with Crippen LogP contribution in [0, 0.1) is 0 Å². The number of benzene rings is 1. The van der Waals surface area contributed by atoms with Crippen LogP contribution >= 0.6 is 15.9 Å². The minimum Gasteiger partial charge on any atom is -0.468 e. The van der Waals surface area contributed by atoms with Crippen LogP contribution in [0.3, 0.4) is 0 Å². The number of nitrogens with one attached hydrogen (secondary N) is 1. The standard InChI is InChI=1S/C16H21BrN2O4/c1-22-16(21)10-18-15(20)6-7-19-8-9-23-14(11-19)12-4-2-3-5-13(12)17/h2-5,14H,6-11H2,1H3,(H,18,20). The Labute approximate surface area is 144 Å². The number of morpholine rings is 1. The Hall–Kier alpha value is -1.44. The molecule has 0 spiro atoms. The summed E-state index contributed by atoms with van der Waals surface area (Å²) >= 11 is 3.55. The van der Waals surface area contributed by atoms with Crippen molar-refractivity contribution in [2.24, 2.45) is 0 Å². The van der Waals surface area contributed by atoms with E-state index < -0.39 is 5.97 Å². The van der Waals surface area contributed by atoms with E-state index in [0.717, 1.165) is 23.1 Å². The van der Waals surface area contributed by atoms with Crippen LogP contribution in [0.5, 0.6) is 0 Å². The van der Waals surface area contributed by atoms with Gasteiger partial charge in [-0.05, 0) is 11.6 Å². The lowest BCUT2D eigenvalue weighted by Gasteiger charge is -2.33. The van der Waals surface area contributed by atoms with Crippen molar-refractivity contribution in [2.45, 2.75) is 12.5 Å². The minimum atomic E-state index is -0.446. The molecule has 1 saturated heterocycles. The minimum absolute atomic E-state index is 0.00236. The van der Waals surface area contributed by atoms with Gasteiger partial charge in [0.1, 0.15) is 6.54 Å². The van der Waals surface area contributed by atoms with Crippen molar-refractivity contribution < 1.29 is 19.1 Å². The number of amides is 1. The summed E-state index contributed by atoms with van der Waals surface area (Å²) in [6.45, 7) is 2.73. The lowest BCUT2D eigenvalue weighted by Crippen LogP contribution is -2.41. The fourth-order valence-electron chi connectivity index (χ4n) is 2.42. The molecule has 1 aromatic rings. The lowest BCUT2D eigenvalue weighted by atomic mass is 10.1. The number of rotatable bonds is 6. The van der Waals surface area contributed by atoms with Crippen molar-refractivity contribution in [3.63, 3.8) is 0 Å². The molecule has 7 heteroatoms. The third kappa shape index (κ3) is 5.60. The van der Waals surface area contributed by atoms with Crippen LogP contribution in [-0.2, 0) is 19.1 Å². The molecule has 1 atom stereocenters. The number of halogens is 1. The van der Waals surface area contributed by atoms with Gasteiger partial charge >= 0.3 is 5.97 Å². The van der Waals surface area contributed by atoms with Gasteiger partial charge in [0.25, 0.3) is 0 Å². The highest BCUT2D eigenvalue weighted by atomic mass is 79.9. The molecule has 1 unspecified atom stereocenters. The van der Waals surface area contributed by atoms with E-state index in [1.165, 1.54) is 7.11 Å². The molecule has 2 rings (SSSR count).